The van der Waals surface area contributed by atoms with Gasteiger partial charge >= 0.3 is 0 Å². The predicted octanol–water partition coefficient (Wildman–Crippen LogP) is 0.649. The fraction of sp³-hybridized carbons (Fsp3) is 0.765. The van der Waals surface area contributed by atoms with Gasteiger partial charge in [0.1, 0.15) is 0 Å². The van der Waals surface area contributed by atoms with Crippen molar-refractivity contribution in [2.75, 3.05) is 39.4 Å². The molecular formula is C17H31N5O2. The minimum absolute atomic E-state index is 0.0239. The molecule has 2 heterocycles. The molecule has 2 N–H and O–H groups in total. The van der Waals surface area contributed by atoms with Crippen LogP contribution in [0.1, 0.15) is 33.7 Å². The third kappa shape index (κ3) is 5.29. The van der Waals surface area contributed by atoms with Crippen LogP contribution < -0.4 is 10.6 Å². The third-order valence-corrected chi connectivity index (χ3v) is 4.84. The van der Waals surface area contributed by atoms with Crippen molar-refractivity contribution in [1.82, 2.24) is 25.3 Å². The number of ether oxygens (including phenoxy) is 1. The zero-order valence-electron chi connectivity index (χ0n) is 15.3. The zero-order chi connectivity index (χ0) is 17.6. The van der Waals surface area contributed by atoms with Gasteiger partial charge in [-0.2, -0.15) is 5.10 Å². The number of amides is 1. The van der Waals surface area contributed by atoms with Gasteiger partial charge in [-0.05, 0) is 33.8 Å². The number of carbonyl (C=O) groups excluding carboxylic acids is 1. The highest BCUT2D eigenvalue weighted by atomic mass is 16.5. The molecule has 1 saturated heterocycles. The second-order valence-corrected chi connectivity index (χ2v) is 7.08. The molecule has 1 aliphatic heterocycles. The predicted molar refractivity (Wildman–Crippen MR) is 93.9 cm³/mol. The van der Waals surface area contributed by atoms with Gasteiger partial charge in [-0.3, -0.25) is 14.4 Å². The molecule has 0 aromatic carbocycles. The van der Waals surface area contributed by atoms with Gasteiger partial charge in [0.15, 0.2) is 0 Å². The van der Waals surface area contributed by atoms with Crippen LogP contribution in [0.4, 0.5) is 0 Å². The Morgan fingerprint density at radius 3 is 2.67 bits per heavy atom. The lowest BCUT2D eigenvalue weighted by molar-refractivity contribution is -0.121. The molecule has 2 rings (SSSR count). The maximum Gasteiger partial charge on any atom is 0.234 e. The Balaban J connectivity index is 1.70. The van der Waals surface area contributed by atoms with Gasteiger partial charge in [0.05, 0.1) is 25.8 Å². The van der Waals surface area contributed by atoms with Gasteiger partial charge in [-0.25, -0.2) is 0 Å². The molecule has 7 nitrogen and oxygen atoms in total. The summed E-state index contributed by atoms with van der Waals surface area (Å²) in [6.07, 6.45) is 3.71. The average Bonchev–Trinajstić information content (AvgIpc) is 3.12. The SMILES string of the molecule is CC(NCC(=O)NCC(C)(C)N1CCOCC1)C(C)n1cccn1. The largest absolute Gasteiger partial charge is 0.379 e. The molecule has 1 amide bonds. The van der Waals surface area contributed by atoms with Crippen molar-refractivity contribution in [2.24, 2.45) is 0 Å². The number of hydrogen-bond donors (Lipinski definition) is 2. The highest BCUT2D eigenvalue weighted by Gasteiger charge is 2.28. The first-order chi connectivity index (χ1) is 11.4. The lowest BCUT2D eigenvalue weighted by Gasteiger charge is -2.40. The molecule has 1 aromatic heterocycles. The summed E-state index contributed by atoms with van der Waals surface area (Å²) in [4.78, 5) is 14.5. The summed E-state index contributed by atoms with van der Waals surface area (Å²) in [6, 6.07) is 2.25. The summed E-state index contributed by atoms with van der Waals surface area (Å²) < 4.78 is 7.29. The number of nitrogens with zero attached hydrogens (tertiary/aromatic N) is 3. The number of rotatable bonds is 8. The molecule has 24 heavy (non-hydrogen) atoms. The molecule has 136 valence electrons. The topological polar surface area (TPSA) is 71.4 Å². The lowest BCUT2D eigenvalue weighted by atomic mass is 10.0. The first-order valence-corrected chi connectivity index (χ1v) is 8.72. The van der Waals surface area contributed by atoms with E-state index >= 15 is 0 Å². The number of morpholine rings is 1. The molecule has 0 bridgehead atoms. The quantitative estimate of drug-likeness (QED) is 0.729. The van der Waals surface area contributed by atoms with E-state index in [1.165, 1.54) is 0 Å². The molecule has 0 saturated carbocycles. The van der Waals surface area contributed by atoms with E-state index in [2.05, 4.69) is 48.3 Å². The van der Waals surface area contributed by atoms with E-state index in [1.54, 1.807) is 6.20 Å². The molecule has 1 aromatic rings. The molecule has 0 radical (unpaired) electrons. The van der Waals surface area contributed by atoms with Crippen LogP contribution in [0.25, 0.3) is 0 Å². The Morgan fingerprint density at radius 1 is 1.33 bits per heavy atom. The molecule has 2 atom stereocenters. The normalized spacial score (nSPS) is 19.0. The van der Waals surface area contributed by atoms with Crippen LogP contribution in [-0.4, -0.2) is 71.6 Å². The van der Waals surface area contributed by atoms with Crippen LogP contribution in [-0.2, 0) is 9.53 Å². The van der Waals surface area contributed by atoms with Crippen LogP contribution >= 0.6 is 0 Å². The summed E-state index contributed by atoms with van der Waals surface area (Å²) in [5.41, 5.74) is -0.0621. The Morgan fingerprint density at radius 2 is 2.04 bits per heavy atom. The number of nitrogens with one attached hydrogen (secondary N) is 2. The van der Waals surface area contributed by atoms with E-state index in [4.69, 9.17) is 4.74 Å². The van der Waals surface area contributed by atoms with Crippen LogP contribution in [0.5, 0.6) is 0 Å². The average molecular weight is 337 g/mol. The van der Waals surface area contributed by atoms with Crippen molar-refractivity contribution in [3.63, 3.8) is 0 Å². The Hall–Kier alpha value is -1.44. The van der Waals surface area contributed by atoms with Crippen molar-refractivity contribution < 1.29 is 9.53 Å². The van der Waals surface area contributed by atoms with Crippen LogP contribution in [0, 0.1) is 0 Å². The Kier molecular flexibility index (Phi) is 6.77. The standard InChI is InChI=1S/C17H31N5O2/c1-14(15(2)22-7-5-6-20-22)18-12-16(23)19-13-17(3,4)21-8-10-24-11-9-21/h5-7,14-15,18H,8-13H2,1-4H3,(H,19,23). The number of hydrogen-bond acceptors (Lipinski definition) is 5. The van der Waals surface area contributed by atoms with Crippen LogP contribution in [0.15, 0.2) is 18.5 Å². The van der Waals surface area contributed by atoms with E-state index in [-0.39, 0.29) is 23.5 Å². The number of aromatic nitrogens is 2. The maximum atomic E-state index is 12.1. The monoisotopic (exact) mass is 337 g/mol. The first-order valence-electron chi connectivity index (χ1n) is 8.72. The fourth-order valence-corrected chi connectivity index (χ4v) is 2.83. The van der Waals surface area contributed by atoms with E-state index in [0.717, 1.165) is 26.3 Å². The fourth-order valence-electron chi connectivity index (χ4n) is 2.83. The van der Waals surface area contributed by atoms with Gasteiger partial charge < -0.3 is 15.4 Å². The van der Waals surface area contributed by atoms with E-state index in [9.17, 15) is 4.79 Å². The smallest absolute Gasteiger partial charge is 0.234 e. The number of carbonyl (C=O) groups is 1. The summed E-state index contributed by atoms with van der Waals surface area (Å²) in [5.74, 6) is 0.0239. The molecule has 0 aliphatic carbocycles. The summed E-state index contributed by atoms with van der Waals surface area (Å²) in [7, 11) is 0. The third-order valence-electron chi connectivity index (χ3n) is 4.84. The minimum Gasteiger partial charge on any atom is -0.379 e. The Labute approximate surface area is 144 Å². The lowest BCUT2D eigenvalue weighted by Crippen LogP contribution is -2.56. The van der Waals surface area contributed by atoms with Crippen LogP contribution in [0.2, 0.25) is 0 Å². The molecular weight excluding hydrogens is 306 g/mol. The van der Waals surface area contributed by atoms with Crippen LogP contribution in [0.3, 0.4) is 0 Å². The first kappa shape index (κ1) is 18.9. The van der Waals surface area contributed by atoms with Gasteiger partial charge in [-0.15, -0.1) is 0 Å². The van der Waals surface area contributed by atoms with Gasteiger partial charge in [0, 0.05) is 43.6 Å². The molecule has 1 aliphatic rings. The van der Waals surface area contributed by atoms with E-state index < -0.39 is 0 Å². The second-order valence-electron chi connectivity index (χ2n) is 7.08. The highest BCUT2D eigenvalue weighted by molar-refractivity contribution is 5.78. The van der Waals surface area contributed by atoms with Gasteiger partial charge in [0.2, 0.25) is 5.91 Å². The summed E-state index contributed by atoms with van der Waals surface area (Å²) >= 11 is 0. The minimum atomic E-state index is -0.0621. The maximum absolute atomic E-state index is 12.1. The van der Waals surface area contributed by atoms with Crippen molar-refractivity contribution in [2.45, 2.75) is 45.3 Å². The zero-order valence-corrected chi connectivity index (χ0v) is 15.3. The second kappa shape index (κ2) is 8.60. The van der Waals surface area contributed by atoms with Crippen molar-refractivity contribution >= 4 is 5.91 Å². The van der Waals surface area contributed by atoms with Crippen molar-refractivity contribution in [3.05, 3.63) is 18.5 Å². The molecule has 7 heteroatoms. The summed E-state index contributed by atoms with van der Waals surface area (Å²) in [6.45, 7) is 12.8. The molecule has 2 unspecified atom stereocenters. The van der Waals surface area contributed by atoms with Crippen molar-refractivity contribution in [3.8, 4) is 0 Å². The van der Waals surface area contributed by atoms with E-state index in [0.29, 0.717) is 13.1 Å². The molecule has 1 fully saturated rings. The highest BCUT2D eigenvalue weighted by Crippen LogP contribution is 2.15. The molecule has 0 spiro atoms. The summed E-state index contributed by atoms with van der Waals surface area (Å²) in [5, 5.41) is 10.6. The van der Waals surface area contributed by atoms with Crippen molar-refractivity contribution in [1.29, 1.82) is 0 Å². The van der Waals surface area contributed by atoms with E-state index in [1.807, 2.05) is 16.9 Å². The van der Waals surface area contributed by atoms with Gasteiger partial charge in [0.25, 0.3) is 0 Å². The Bertz CT molecular complexity index is 497. The van der Waals surface area contributed by atoms with Gasteiger partial charge in [-0.1, -0.05) is 0 Å².